The van der Waals surface area contributed by atoms with Crippen molar-refractivity contribution in [2.24, 2.45) is 0 Å². The van der Waals surface area contributed by atoms with E-state index in [-0.39, 0.29) is 17.3 Å². The predicted octanol–water partition coefficient (Wildman–Crippen LogP) is 8.61. The molecular formula is C36H30F3NO5S. The summed E-state index contributed by atoms with van der Waals surface area (Å²) in [5, 5.41) is 10.8. The number of esters is 1. The second-order valence-corrected chi connectivity index (χ2v) is 12.1. The Morgan fingerprint density at radius 1 is 0.848 bits per heavy atom. The number of phenolic OH excluding ortho intramolecular Hbond substituents is 1. The van der Waals surface area contributed by atoms with Gasteiger partial charge in [-0.2, -0.15) is 13.2 Å². The number of phenols is 1. The fourth-order valence-electron chi connectivity index (χ4n) is 5.58. The maximum atomic E-state index is 13.9. The second-order valence-electron chi connectivity index (χ2n) is 11.0. The molecule has 0 aliphatic carbocycles. The number of aromatic hydroxyl groups is 1. The molecule has 1 aliphatic heterocycles. The van der Waals surface area contributed by atoms with Crippen LogP contribution in [0, 0.1) is 0 Å². The third kappa shape index (κ3) is 6.93. The SMILES string of the molecule is O=C(Oc1ccc(-c2sc3cc(O)ccc3c2C(=O)c2ccc(OCCN3CCCCC3)cc2)cc1)c1ccccc1C(F)(F)F. The average molecular weight is 646 g/mol. The summed E-state index contributed by atoms with van der Waals surface area (Å²) in [6.45, 7) is 3.61. The fourth-order valence-corrected chi connectivity index (χ4v) is 6.82. The molecule has 6 rings (SSSR count). The molecule has 0 spiro atoms. The number of ether oxygens (including phenoxy) is 2. The molecule has 2 heterocycles. The Bertz CT molecular complexity index is 1860. The lowest BCUT2D eigenvalue weighted by atomic mass is 9.97. The van der Waals surface area contributed by atoms with Gasteiger partial charge >= 0.3 is 12.1 Å². The van der Waals surface area contributed by atoms with Crippen LogP contribution < -0.4 is 9.47 Å². The van der Waals surface area contributed by atoms with Gasteiger partial charge in [0.15, 0.2) is 5.78 Å². The highest BCUT2D eigenvalue weighted by atomic mass is 32.1. The molecule has 1 saturated heterocycles. The number of rotatable bonds is 9. The van der Waals surface area contributed by atoms with Crippen LogP contribution in [-0.2, 0) is 6.18 Å². The molecular weight excluding hydrogens is 615 g/mol. The Morgan fingerprint density at radius 2 is 1.54 bits per heavy atom. The van der Waals surface area contributed by atoms with E-state index in [1.807, 2.05) is 0 Å². The highest BCUT2D eigenvalue weighted by Crippen LogP contribution is 2.42. The summed E-state index contributed by atoms with van der Waals surface area (Å²) in [5.74, 6) is -0.560. The van der Waals surface area contributed by atoms with Gasteiger partial charge in [0, 0.05) is 32.6 Å². The third-order valence-electron chi connectivity index (χ3n) is 7.92. The van der Waals surface area contributed by atoms with Gasteiger partial charge in [-0.15, -0.1) is 11.3 Å². The topological polar surface area (TPSA) is 76.1 Å². The van der Waals surface area contributed by atoms with Crippen LogP contribution in [0.15, 0.2) is 91.0 Å². The average Bonchev–Trinajstić information content (AvgIpc) is 3.43. The summed E-state index contributed by atoms with van der Waals surface area (Å²) in [7, 11) is 0. The van der Waals surface area contributed by atoms with Gasteiger partial charge in [-0.05, 0) is 110 Å². The van der Waals surface area contributed by atoms with Gasteiger partial charge in [0.1, 0.15) is 23.9 Å². The van der Waals surface area contributed by atoms with E-state index in [0.29, 0.717) is 44.0 Å². The van der Waals surface area contributed by atoms with Gasteiger partial charge in [0.05, 0.1) is 11.1 Å². The van der Waals surface area contributed by atoms with Crippen LogP contribution in [0.25, 0.3) is 20.5 Å². The van der Waals surface area contributed by atoms with Gasteiger partial charge < -0.3 is 14.6 Å². The minimum absolute atomic E-state index is 0.0493. The number of fused-ring (bicyclic) bond motifs is 1. The molecule has 0 bridgehead atoms. The smallest absolute Gasteiger partial charge is 0.417 e. The van der Waals surface area contributed by atoms with Gasteiger partial charge in [0.25, 0.3) is 0 Å². The van der Waals surface area contributed by atoms with Crippen LogP contribution in [0.2, 0.25) is 0 Å². The minimum atomic E-state index is -4.71. The largest absolute Gasteiger partial charge is 0.508 e. The Hall–Kier alpha value is -4.67. The summed E-state index contributed by atoms with van der Waals surface area (Å²) in [6.07, 6.45) is -1.00. The van der Waals surface area contributed by atoms with E-state index in [4.69, 9.17) is 9.47 Å². The Kier molecular flexibility index (Phi) is 9.10. The van der Waals surface area contributed by atoms with E-state index in [9.17, 15) is 27.9 Å². The lowest BCUT2D eigenvalue weighted by Gasteiger charge is -2.26. The summed E-state index contributed by atoms with van der Waals surface area (Å²) in [5.41, 5.74) is -0.119. The van der Waals surface area contributed by atoms with Gasteiger partial charge in [-0.25, -0.2) is 4.79 Å². The standard InChI is InChI=1S/C36H30F3NO5S/c37-36(38,39)30-7-3-2-6-28(30)35(43)45-27-15-10-24(11-16-27)34-32(29-17-12-25(41)22-31(29)46-34)33(42)23-8-13-26(14-9-23)44-21-20-40-18-4-1-5-19-40/h2-3,6-17,22,41H,1,4-5,18-21H2. The number of benzene rings is 4. The highest BCUT2D eigenvalue weighted by molar-refractivity contribution is 7.22. The predicted molar refractivity (Wildman–Crippen MR) is 171 cm³/mol. The first kappa shape index (κ1) is 31.3. The van der Waals surface area contributed by atoms with E-state index in [0.717, 1.165) is 31.8 Å². The maximum absolute atomic E-state index is 13.9. The number of piperidine rings is 1. The van der Waals surface area contributed by atoms with Crippen molar-refractivity contribution in [2.45, 2.75) is 25.4 Å². The molecule has 1 N–H and O–H groups in total. The van der Waals surface area contributed by atoms with Crippen LogP contribution in [-0.4, -0.2) is 48.0 Å². The van der Waals surface area contributed by atoms with Crippen molar-refractivity contribution in [2.75, 3.05) is 26.2 Å². The number of carbonyl (C=O) groups is 2. The highest BCUT2D eigenvalue weighted by Gasteiger charge is 2.35. The molecule has 0 saturated carbocycles. The molecule has 10 heteroatoms. The van der Waals surface area contributed by atoms with E-state index < -0.39 is 23.3 Å². The van der Waals surface area contributed by atoms with E-state index in [1.165, 1.54) is 60.9 Å². The zero-order chi connectivity index (χ0) is 32.3. The van der Waals surface area contributed by atoms with Crippen LogP contribution in [0.1, 0.15) is 51.1 Å². The first-order chi connectivity index (χ1) is 22.2. The summed E-state index contributed by atoms with van der Waals surface area (Å²) >= 11 is 1.32. The fraction of sp³-hybridized carbons (Fsp3) is 0.222. The van der Waals surface area contributed by atoms with E-state index >= 15 is 0 Å². The molecule has 4 aromatic carbocycles. The number of likely N-dealkylation sites (tertiary alicyclic amines) is 1. The minimum Gasteiger partial charge on any atom is -0.508 e. The van der Waals surface area contributed by atoms with Crippen molar-refractivity contribution >= 4 is 33.2 Å². The zero-order valence-corrected chi connectivity index (χ0v) is 25.5. The van der Waals surface area contributed by atoms with Crippen molar-refractivity contribution in [1.82, 2.24) is 4.90 Å². The van der Waals surface area contributed by atoms with Gasteiger partial charge in [-0.1, -0.05) is 18.6 Å². The molecule has 5 aromatic rings. The maximum Gasteiger partial charge on any atom is 0.417 e. The van der Waals surface area contributed by atoms with Gasteiger partial charge in [-0.3, -0.25) is 9.69 Å². The molecule has 6 nitrogen and oxygen atoms in total. The van der Waals surface area contributed by atoms with E-state index in [1.54, 1.807) is 48.5 Å². The number of ketones is 1. The Morgan fingerprint density at radius 3 is 2.26 bits per heavy atom. The molecule has 0 radical (unpaired) electrons. The van der Waals surface area contributed by atoms with Crippen LogP contribution in [0.4, 0.5) is 13.2 Å². The van der Waals surface area contributed by atoms with Crippen LogP contribution in [0.5, 0.6) is 17.2 Å². The van der Waals surface area contributed by atoms with Crippen LogP contribution in [0.3, 0.4) is 0 Å². The summed E-state index contributed by atoms with van der Waals surface area (Å²) < 4.78 is 52.1. The number of alkyl halides is 3. The van der Waals surface area contributed by atoms with Crippen molar-refractivity contribution in [1.29, 1.82) is 0 Å². The number of hydrogen-bond donors (Lipinski definition) is 1. The van der Waals surface area contributed by atoms with E-state index in [2.05, 4.69) is 4.90 Å². The molecule has 1 fully saturated rings. The Balaban J connectivity index is 1.22. The normalized spacial score (nSPS) is 13.9. The Labute approximate surface area is 267 Å². The molecule has 236 valence electrons. The summed E-state index contributed by atoms with van der Waals surface area (Å²) in [4.78, 5) is 29.6. The first-order valence-corrected chi connectivity index (χ1v) is 15.7. The molecule has 46 heavy (non-hydrogen) atoms. The third-order valence-corrected chi connectivity index (χ3v) is 9.12. The summed E-state index contributed by atoms with van der Waals surface area (Å²) in [6, 6.07) is 22.5. The number of hydrogen-bond acceptors (Lipinski definition) is 7. The zero-order valence-electron chi connectivity index (χ0n) is 24.7. The molecule has 0 unspecified atom stereocenters. The lowest BCUT2D eigenvalue weighted by molar-refractivity contribution is -0.138. The van der Waals surface area contributed by atoms with Crippen molar-refractivity contribution in [3.8, 4) is 27.7 Å². The molecule has 0 amide bonds. The number of thiophene rings is 1. The van der Waals surface area contributed by atoms with Crippen LogP contribution >= 0.6 is 11.3 Å². The second kappa shape index (κ2) is 13.4. The van der Waals surface area contributed by atoms with Crippen molar-refractivity contribution in [3.63, 3.8) is 0 Å². The first-order valence-electron chi connectivity index (χ1n) is 14.9. The number of carbonyl (C=O) groups excluding carboxylic acids is 2. The monoisotopic (exact) mass is 645 g/mol. The lowest BCUT2D eigenvalue weighted by Crippen LogP contribution is -2.33. The molecule has 1 aliphatic rings. The number of nitrogens with zero attached hydrogens (tertiary/aromatic N) is 1. The van der Waals surface area contributed by atoms with Crippen molar-refractivity contribution < 1.29 is 37.3 Å². The molecule has 1 aromatic heterocycles. The molecule has 0 atom stereocenters. The van der Waals surface area contributed by atoms with Crippen molar-refractivity contribution in [3.05, 3.63) is 113 Å². The number of halogens is 3. The quantitative estimate of drug-likeness (QED) is 0.0983. The van der Waals surface area contributed by atoms with Gasteiger partial charge in [0.2, 0.25) is 0 Å².